The van der Waals surface area contributed by atoms with Gasteiger partial charge in [-0.15, -0.1) is 0 Å². The molecule has 2 aromatic carbocycles. The number of nitrogens with one attached hydrogen (secondary N) is 2. The fourth-order valence-electron chi connectivity index (χ4n) is 6.23. The van der Waals surface area contributed by atoms with Gasteiger partial charge in [0.25, 0.3) is 0 Å². The summed E-state index contributed by atoms with van der Waals surface area (Å²) in [5, 5.41) is 9.31. The van der Waals surface area contributed by atoms with Crippen LogP contribution in [0.1, 0.15) is 45.4 Å². The zero-order valence-corrected chi connectivity index (χ0v) is 15.5. The summed E-state index contributed by atoms with van der Waals surface area (Å²) in [5.74, 6) is 2.71. The first-order chi connectivity index (χ1) is 12.6. The smallest absolute Gasteiger partial charge is 0.242 e. The highest BCUT2D eigenvalue weighted by molar-refractivity contribution is 5.88. The van der Waals surface area contributed by atoms with E-state index in [-0.39, 0.29) is 17.5 Å². The molecule has 0 heterocycles. The molecule has 4 saturated carbocycles. The van der Waals surface area contributed by atoms with Gasteiger partial charge in [-0.1, -0.05) is 30.3 Å². The number of hydrogen-bond donors (Lipinski definition) is 2. The van der Waals surface area contributed by atoms with Crippen molar-refractivity contribution in [2.45, 2.75) is 57.0 Å². The molecule has 0 saturated heterocycles. The highest BCUT2D eigenvalue weighted by atomic mass is 16.2. The van der Waals surface area contributed by atoms with E-state index in [0.717, 1.165) is 23.4 Å². The Bertz CT molecular complexity index is 808. The van der Waals surface area contributed by atoms with Crippen molar-refractivity contribution >= 4 is 22.4 Å². The highest BCUT2D eigenvalue weighted by Crippen LogP contribution is 2.55. The van der Waals surface area contributed by atoms with Crippen molar-refractivity contribution < 1.29 is 4.79 Å². The van der Waals surface area contributed by atoms with Crippen LogP contribution in [-0.4, -0.2) is 17.5 Å². The van der Waals surface area contributed by atoms with Gasteiger partial charge in [0.15, 0.2) is 0 Å². The lowest BCUT2D eigenvalue weighted by molar-refractivity contribution is -0.127. The van der Waals surface area contributed by atoms with Crippen LogP contribution in [0.5, 0.6) is 0 Å². The van der Waals surface area contributed by atoms with Crippen molar-refractivity contribution in [1.29, 1.82) is 0 Å². The van der Waals surface area contributed by atoms with E-state index in [1.54, 1.807) is 0 Å². The van der Waals surface area contributed by atoms with Crippen molar-refractivity contribution in [2.75, 3.05) is 5.32 Å². The average molecular weight is 348 g/mol. The maximum atomic E-state index is 12.9. The van der Waals surface area contributed by atoms with E-state index < -0.39 is 0 Å². The van der Waals surface area contributed by atoms with E-state index in [4.69, 9.17) is 0 Å². The molecule has 6 rings (SSSR count). The van der Waals surface area contributed by atoms with Gasteiger partial charge in [-0.05, 0) is 86.1 Å². The molecule has 2 aromatic rings. The molecule has 2 N–H and O–H groups in total. The Morgan fingerprint density at radius 2 is 1.58 bits per heavy atom. The molecule has 0 unspecified atom stereocenters. The third kappa shape index (κ3) is 2.87. The van der Waals surface area contributed by atoms with Gasteiger partial charge in [0, 0.05) is 11.2 Å². The Morgan fingerprint density at radius 3 is 2.23 bits per heavy atom. The predicted octanol–water partition coefficient (Wildman–Crippen LogP) is 4.73. The zero-order chi connectivity index (χ0) is 17.7. The molecule has 0 aliphatic heterocycles. The first-order valence-corrected chi connectivity index (χ1v) is 10.2. The van der Waals surface area contributed by atoms with E-state index in [1.165, 1.54) is 49.3 Å². The Hall–Kier alpha value is -2.03. The number of amides is 1. The van der Waals surface area contributed by atoms with Crippen molar-refractivity contribution in [3.63, 3.8) is 0 Å². The molecule has 4 aliphatic rings. The first-order valence-electron chi connectivity index (χ1n) is 10.2. The predicted molar refractivity (Wildman–Crippen MR) is 106 cm³/mol. The minimum absolute atomic E-state index is 0.0885. The topological polar surface area (TPSA) is 41.1 Å². The van der Waals surface area contributed by atoms with Gasteiger partial charge < -0.3 is 10.6 Å². The maximum absolute atomic E-state index is 12.9. The van der Waals surface area contributed by atoms with Gasteiger partial charge in [-0.2, -0.15) is 0 Å². The molecular formula is C23H28N2O. The summed E-state index contributed by atoms with van der Waals surface area (Å²) < 4.78 is 0. The Labute approximate surface area is 155 Å². The Kier molecular flexibility index (Phi) is 3.73. The van der Waals surface area contributed by atoms with Gasteiger partial charge in [-0.3, -0.25) is 4.79 Å². The van der Waals surface area contributed by atoms with Crippen LogP contribution in [-0.2, 0) is 4.79 Å². The van der Waals surface area contributed by atoms with Crippen LogP contribution in [0.4, 0.5) is 5.69 Å². The molecule has 1 amide bonds. The second-order valence-electron chi connectivity index (χ2n) is 9.12. The van der Waals surface area contributed by atoms with Gasteiger partial charge in [-0.25, -0.2) is 0 Å². The number of rotatable bonds is 4. The number of hydrogen-bond acceptors (Lipinski definition) is 2. The van der Waals surface area contributed by atoms with E-state index in [9.17, 15) is 4.79 Å². The van der Waals surface area contributed by atoms with Crippen LogP contribution in [0.15, 0.2) is 42.5 Å². The summed E-state index contributed by atoms with van der Waals surface area (Å²) in [5.41, 5.74) is 1.10. The largest absolute Gasteiger partial charge is 0.374 e. The Balaban J connectivity index is 1.28. The van der Waals surface area contributed by atoms with Crippen molar-refractivity contribution in [3.8, 4) is 0 Å². The van der Waals surface area contributed by atoms with Crippen LogP contribution in [0.25, 0.3) is 10.8 Å². The number of fused-ring (bicyclic) bond motifs is 1. The third-order valence-corrected chi connectivity index (χ3v) is 6.95. The summed E-state index contributed by atoms with van der Waals surface area (Å²) in [4.78, 5) is 12.9. The lowest BCUT2D eigenvalue weighted by Crippen LogP contribution is -2.61. The number of carbonyl (C=O) groups is 1. The monoisotopic (exact) mass is 348 g/mol. The first kappa shape index (κ1) is 16.2. The fourth-order valence-corrected chi connectivity index (χ4v) is 6.23. The molecule has 0 spiro atoms. The summed E-state index contributed by atoms with van der Waals surface area (Å²) in [7, 11) is 0. The zero-order valence-electron chi connectivity index (χ0n) is 15.5. The number of carbonyl (C=O) groups excluding carboxylic acids is 1. The van der Waals surface area contributed by atoms with E-state index >= 15 is 0 Å². The van der Waals surface area contributed by atoms with E-state index in [1.807, 2.05) is 6.92 Å². The minimum atomic E-state index is -0.218. The Morgan fingerprint density at radius 1 is 0.962 bits per heavy atom. The van der Waals surface area contributed by atoms with Crippen LogP contribution < -0.4 is 10.6 Å². The molecule has 4 aliphatic carbocycles. The summed E-state index contributed by atoms with van der Waals surface area (Å²) in [6.07, 6.45) is 7.81. The molecule has 3 heteroatoms. The van der Waals surface area contributed by atoms with E-state index in [2.05, 4.69) is 53.1 Å². The van der Waals surface area contributed by atoms with Crippen molar-refractivity contribution in [2.24, 2.45) is 17.8 Å². The van der Waals surface area contributed by atoms with Gasteiger partial charge in [0.1, 0.15) is 6.04 Å². The quantitative estimate of drug-likeness (QED) is 0.839. The number of benzene rings is 2. The fraction of sp³-hybridized carbons (Fsp3) is 0.522. The molecule has 4 fully saturated rings. The summed E-state index contributed by atoms with van der Waals surface area (Å²) in [6.45, 7) is 1.98. The normalized spacial score (nSPS) is 33.2. The SMILES string of the molecule is C[C@@H](Nc1ccc2ccccc2c1)C(=O)NC12CC3CC(CC(C3)C1)C2. The van der Waals surface area contributed by atoms with Crippen LogP contribution in [0.3, 0.4) is 0 Å². The average Bonchev–Trinajstić information content (AvgIpc) is 2.60. The summed E-state index contributed by atoms with van der Waals surface area (Å²) in [6, 6.07) is 14.4. The lowest BCUT2D eigenvalue weighted by atomic mass is 9.53. The van der Waals surface area contributed by atoms with Gasteiger partial charge >= 0.3 is 0 Å². The maximum Gasteiger partial charge on any atom is 0.242 e. The van der Waals surface area contributed by atoms with Crippen LogP contribution in [0, 0.1) is 17.8 Å². The van der Waals surface area contributed by atoms with Crippen LogP contribution >= 0.6 is 0 Å². The summed E-state index contributed by atoms with van der Waals surface area (Å²) >= 11 is 0. The van der Waals surface area contributed by atoms with Crippen LogP contribution in [0.2, 0.25) is 0 Å². The second kappa shape index (κ2) is 6.00. The number of anilines is 1. The highest BCUT2D eigenvalue weighted by Gasteiger charge is 2.51. The second-order valence-corrected chi connectivity index (χ2v) is 9.12. The molecule has 1 atom stereocenters. The molecule has 26 heavy (non-hydrogen) atoms. The minimum Gasteiger partial charge on any atom is -0.374 e. The van der Waals surface area contributed by atoms with E-state index in [0.29, 0.717) is 0 Å². The van der Waals surface area contributed by atoms with Gasteiger partial charge in [0.05, 0.1) is 0 Å². The molecule has 0 radical (unpaired) electrons. The third-order valence-electron chi connectivity index (χ3n) is 6.95. The molecule has 3 nitrogen and oxygen atoms in total. The van der Waals surface area contributed by atoms with Gasteiger partial charge in [0.2, 0.25) is 5.91 Å². The molecule has 136 valence electrons. The molecule has 0 aromatic heterocycles. The van der Waals surface area contributed by atoms with Crippen molar-refractivity contribution in [3.05, 3.63) is 42.5 Å². The molecule has 4 bridgehead atoms. The lowest BCUT2D eigenvalue weighted by Gasteiger charge is -2.57. The molecular weight excluding hydrogens is 320 g/mol. The van der Waals surface area contributed by atoms with Crippen molar-refractivity contribution in [1.82, 2.24) is 5.32 Å². The standard InChI is InChI=1S/C23H28N2O/c1-15(24-21-7-6-19-4-2-3-5-20(19)11-21)22(26)25-23-12-16-8-17(13-23)10-18(9-16)14-23/h2-7,11,15-18,24H,8-10,12-14H2,1H3,(H,25,26)/t15-,16?,17?,18?,23?/m1/s1.